The molecule has 0 unspecified atom stereocenters. The maximum Gasteiger partial charge on any atom is 0.394 e. The monoisotopic (exact) mass is 355 g/mol. The van der Waals surface area contributed by atoms with E-state index >= 15 is 0 Å². The second-order valence-corrected chi connectivity index (χ2v) is 6.04. The average Bonchev–Trinajstić information content (AvgIpc) is 3.16. The lowest BCUT2D eigenvalue weighted by molar-refractivity contribution is -0.187. The number of amides is 2. The third-order valence-corrected chi connectivity index (χ3v) is 4.36. The molecule has 1 aliphatic heterocycles. The molecule has 3 N–H and O–H groups in total. The van der Waals surface area contributed by atoms with E-state index in [-0.39, 0.29) is 6.54 Å². The van der Waals surface area contributed by atoms with E-state index in [4.69, 9.17) is 5.11 Å². The smallest absolute Gasteiger partial charge is 0.394 e. The number of halogens is 3. The molecule has 134 valence electrons. The summed E-state index contributed by atoms with van der Waals surface area (Å²) in [6.45, 7) is -1.00. The first-order valence-electron chi connectivity index (χ1n) is 7.64. The molecule has 6 nitrogen and oxygen atoms in total. The van der Waals surface area contributed by atoms with Gasteiger partial charge in [0.25, 0.3) is 0 Å². The Morgan fingerprint density at radius 3 is 2.60 bits per heavy atom. The van der Waals surface area contributed by atoms with Crippen molar-refractivity contribution in [3.8, 4) is 0 Å². The van der Waals surface area contributed by atoms with E-state index in [2.05, 4.69) is 10.3 Å². The van der Waals surface area contributed by atoms with Crippen LogP contribution in [0.2, 0.25) is 0 Å². The molecule has 25 heavy (non-hydrogen) atoms. The zero-order valence-corrected chi connectivity index (χ0v) is 13.0. The van der Waals surface area contributed by atoms with Crippen LogP contribution in [0.3, 0.4) is 0 Å². The van der Waals surface area contributed by atoms with Gasteiger partial charge in [0.1, 0.15) is 0 Å². The number of aromatic nitrogens is 1. The number of carbonyl (C=O) groups is 2. The highest BCUT2D eigenvalue weighted by Gasteiger charge is 2.53. The van der Waals surface area contributed by atoms with Crippen LogP contribution < -0.4 is 5.32 Å². The number of aromatic amines is 1. The highest BCUT2D eigenvalue weighted by atomic mass is 19.4. The standard InChI is InChI=1S/C16H16F3N3O3/c17-16(18,19)12-8-22(7-11(12)14(23)24)15(25)20-6-10-5-9-3-1-2-4-13(9)21-10/h1-5,11-12,21H,6-8H2,(H,20,25)(H,23,24)/t11-,12-/m1/s1. The number of hydrogen-bond donors (Lipinski definition) is 3. The minimum atomic E-state index is -4.66. The van der Waals surface area contributed by atoms with Crippen molar-refractivity contribution in [1.29, 1.82) is 0 Å². The average molecular weight is 355 g/mol. The predicted octanol–water partition coefficient (Wildman–Crippen LogP) is 2.57. The normalized spacial score (nSPS) is 20.8. The van der Waals surface area contributed by atoms with Gasteiger partial charge >= 0.3 is 18.2 Å². The number of alkyl halides is 3. The summed E-state index contributed by atoms with van der Waals surface area (Å²) in [5.74, 6) is -5.24. The molecule has 1 aliphatic rings. The van der Waals surface area contributed by atoms with Gasteiger partial charge in [0.05, 0.1) is 18.4 Å². The number of para-hydroxylation sites is 1. The third kappa shape index (κ3) is 3.54. The number of carboxylic acids is 1. The quantitative estimate of drug-likeness (QED) is 0.791. The van der Waals surface area contributed by atoms with Gasteiger partial charge < -0.3 is 20.3 Å². The van der Waals surface area contributed by atoms with E-state index in [9.17, 15) is 22.8 Å². The number of carboxylic acid groups (broad SMARTS) is 1. The Bertz CT molecular complexity index is 770. The Kier molecular flexibility index (Phi) is 4.32. The fraction of sp³-hybridized carbons (Fsp3) is 0.375. The topological polar surface area (TPSA) is 85.4 Å². The molecule has 0 bridgehead atoms. The predicted molar refractivity (Wildman–Crippen MR) is 82.8 cm³/mol. The van der Waals surface area contributed by atoms with Crippen LogP contribution in [0.15, 0.2) is 30.3 Å². The molecule has 1 aromatic carbocycles. The van der Waals surface area contributed by atoms with Crippen molar-refractivity contribution in [3.63, 3.8) is 0 Å². The number of hydrogen-bond acceptors (Lipinski definition) is 2. The lowest BCUT2D eigenvalue weighted by Crippen LogP contribution is -2.39. The van der Waals surface area contributed by atoms with Gasteiger partial charge in [0.15, 0.2) is 0 Å². The highest BCUT2D eigenvalue weighted by molar-refractivity contribution is 5.81. The molecular weight excluding hydrogens is 339 g/mol. The summed E-state index contributed by atoms with van der Waals surface area (Å²) in [4.78, 5) is 27.2. The van der Waals surface area contributed by atoms with Gasteiger partial charge in [-0.05, 0) is 17.5 Å². The molecular formula is C16H16F3N3O3. The van der Waals surface area contributed by atoms with Crippen LogP contribution in [-0.2, 0) is 11.3 Å². The number of urea groups is 1. The van der Waals surface area contributed by atoms with Crippen molar-refractivity contribution >= 4 is 22.9 Å². The van der Waals surface area contributed by atoms with Gasteiger partial charge in [-0.1, -0.05) is 18.2 Å². The number of carbonyl (C=O) groups excluding carboxylic acids is 1. The van der Waals surface area contributed by atoms with E-state index in [0.29, 0.717) is 5.69 Å². The number of aliphatic carboxylic acids is 1. The van der Waals surface area contributed by atoms with E-state index < -0.39 is 43.1 Å². The summed E-state index contributed by atoms with van der Waals surface area (Å²) in [6.07, 6.45) is -4.66. The van der Waals surface area contributed by atoms with Gasteiger partial charge in [0.2, 0.25) is 0 Å². The lowest BCUT2D eigenvalue weighted by Gasteiger charge is -2.18. The molecule has 3 rings (SSSR count). The number of rotatable bonds is 3. The minimum Gasteiger partial charge on any atom is -0.481 e. The molecule has 2 atom stereocenters. The first-order valence-corrected chi connectivity index (χ1v) is 7.64. The SMILES string of the molecule is O=C(O)[C@@H]1CN(C(=O)NCc2cc3ccccc3[nH]2)C[C@H]1C(F)(F)F. The number of benzene rings is 1. The number of likely N-dealkylation sites (tertiary alicyclic amines) is 1. The summed E-state index contributed by atoms with van der Waals surface area (Å²) in [5.41, 5.74) is 1.59. The van der Waals surface area contributed by atoms with E-state index in [1.165, 1.54) is 0 Å². The Morgan fingerprint density at radius 2 is 2.00 bits per heavy atom. The molecule has 0 radical (unpaired) electrons. The molecule has 1 aromatic heterocycles. The number of nitrogens with one attached hydrogen (secondary N) is 2. The molecule has 2 amide bonds. The van der Waals surface area contributed by atoms with Gasteiger partial charge in [-0.3, -0.25) is 4.79 Å². The summed E-state index contributed by atoms with van der Waals surface area (Å²) in [6, 6.07) is 8.60. The summed E-state index contributed by atoms with van der Waals surface area (Å²) in [7, 11) is 0. The van der Waals surface area contributed by atoms with Gasteiger partial charge in [-0.15, -0.1) is 0 Å². The molecule has 1 fully saturated rings. The number of fused-ring (bicyclic) bond motifs is 1. The van der Waals surface area contributed by atoms with Gasteiger partial charge in [-0.2, -0.15) is 13.2 Å². The molecule has 9 heteroatoms. The van der Waals surface area contributed by atoms with Gasteiger partial charge in [0, 0.05) is 24.3 Å². The van der Waals surface area contributed by atoms with E-state index in [1.54, 1.807) is 0 Å². The van der Waals surface area contributed by atoms with E-state index in [0.717, 1.165) is 15.8 Å². The second kappa shape index (κ2) is 6.30. The van der Waals surface area contributed by atoms with Crippen LogP contribution in [0.25, 0.3) is 10.9 Å². The van der Waals surface area contributed by atoms with E-state index in [1.807, 2.05) is 30.3 Å². The van der Waals surface area contributed by atoms with Crippen LogP contribution >= 0.6 is 0 Å². The van der Waals surface area contributed by atoms with Crippen molar-refractivity contribution in [1.82, 2.24) is 15.2 Å². The molecule has 0 aliphatic carbocycles. The zero-order chi connectivity index (χ0) is 18.2. The number of H-pyrrole nitrogens is 1. The first-order chi connectivity index (χ1) is 11.8. The molecule has 0 saturated carbocycles. The number of nitrogens with zero attached hydrogens (tertiary/aromatic N) is 1. The summed E-state index contributed by atoms with van der Waals surface area (Å²) >= 11 is 0. The molecule has 0 spiro atoms. The molecule has 2 aromatic rings. The lowest BCUT2D eigenvalue weighted by atomic mass is 9.96. The highest BCUT2D eigenvalue weighted by Crippen LogP contribution is 2.37. The minimum absolute atomic E-state index is 0.110. The van der Waals surface area contributed by atoms with Crippen molar-refractivity contribution in [2.45, 2.75) is 12.7 Å². The van der Waals surface area contributed by atoms with Crippen LogP contribution in [0.4, 0.5) is 18.0 Å². The second-order valence-electron chi connectivity index (χ2n) is 6.04. The first kappa shape index (κ1) is 17.1. The van der Waals surface area contributed by atoms with Crippen molar-refractivity contribution in [2.75, 3.05) is 13.1 Å². The largest absolute Gasteiger partial charge is 0.481 e. The maximum atomic E-state index is 13.0. The Hall–Kier alpha value is -2.71. The molecule has 1 saturated heterocycles. The van der Waals surface area contributed by atoms with Crippen LogP contribution in [-0.4, -0.2) is 46.3 Å². The van der Waals surface area contributed by atoms with Crippen LogP contribution in [0.5, 0.6) is 0 Å². The fourth-order valence-corrected chi connectivity index (χ4v) is 3.06. The zero-order valence-electron chi connectivity index (χ0n) is 13.0. The maximum absolute atomic E-state index is 13.0. The Labute approximate surface area is 140 Å². The summed E-state index contributed by atoms with van der Waals surface area (Å²) < 4.78 is 38.9. The Morgan fingerprint density at radius 1 is 1.28 bits per heavy atom. The van der Waals surface area contributed by atoms with Crippen LogP contribution in [0.1, 0.15) is 5.69 Å². The van der Waals surface area contributed by atoms with Crippen molar-refractivity contribution in [2.24, 2.45) is 11.8 Å². The Balaban J connectivity index is 1.64. The van der Waals surface area contributed by atoms with Crippen LogP contribution in [0, 0.1) is 11.8 Å². The fourth-order valence-electron chi connectivity index (χ4n) is 3.06. The van der Waals surface area contributed by atoms with Gasteiger partial charge in [-0.25, -0.2) is 4.79 Å². The van der Waals surface area contributed by atoms with Crippen molar-refractivity contribution < 1.29 is 27.9 Å². The summed E-state index contributed by atoms with van der Waals surface area (Å²) in [5, 5.41) is 12.5. The molecule has 2 heterocycles. The van der Waals surface area contributed by atoms with Crippen molar-refractivity contribution in [3.05, 3.63) is 36.0 Å². The third-order valence-electron chi connectivity index (χ3n) is 4.36.